The number of pyridine rings is 2. The molecule has 5 rings (SSSR count). The van der Waals surface area contributed by atoms with Crippen molar-refractivity contribution in [3.8, 4) is 23.1 Å². The highest BCUT2D eigenvalue weighted by molar-refractivity contribution is 6.03. The van der Waals surface area contributed by atoms with E-state index in [1.807, 2.05) is 36.4 Å². The fraction of sp³-hybridized carbons (Fsp3) is 0.0769. The van der Waals surface area contributed by atoms with E-state index in [2.05, 4.69) is 16.0 Å². The Morgan fingerprint density at radius 3 is 2.64 bits per heavy atom. The number of hydrogen-bond acceptors (Lipinski definition) is 6. The van der Waals surface area contributed by atoms with E-state index in [1.165, 1.54) is 19.4 Å². The first-order valence-electron chi connectivity index (χ1n) is 10.2. The molecule has 2 aromatic carbocycles. The molecule has 0 amide bonds. The van der Waals surface area contributed by atoms with E-state index in [4.69, 9.17) is 15.5 Å². The molecule has 0 saturated carbocycles. The van der Waals surface area contributed by atoms with Crippen molar-refractivity contribution >= 4 is 5.84 Å². The van der Waals surface area contributed by atoms with Crippen LogP contribution in [0.2, 0.25) is 0 Å². The van der Waals surface area contributed by atoms with Gasteiger partial charge in [0.2, 0.25) is 5.88 Å². The molecule has 0 saturated heterocycles. The minimum atomic E-state index is -1.10. The van der Waals surface area contributed by atoms with Crippen LogP contribution in [0.1, 0.15) is 27.8 Å². The third-order valence-electron chi connectivity index (χ3n) is 5.79. The maximum absolute atomic E-state index is 14.9. The molecule has 0 aliphatic carbocycles. The largest absolute Gasteiger partial charge is 0.481 e. The molecule has 2 aromatic heterocycles. The lowest BCUT2D eigenvalue weighted by Crippen LogP contribution is -2.25. The van der Waals surface area contributed by atoms with Gasteiger partial charge in [0.1, 0.15) is 23.3 Å². The molecule has 7 heteroatoms. The van der Waals surface area contributed by atoms with Crippen LogP contribution in [0.5, 0.6) is 5.88 Å². The lowest BCUT2D eigenvalue weighted by Gasteiger charge is -2.29. The molecular formula is C26H18FN5O. The Bertz CT molecular complexity index is 1460. The van der Waals surface area contributed by atoms with E-state index >= 15 is 0 Å². The number of rotatable bonds is 4. The Morgan fingerprint density at radius 2 is 1.82 bits per heavy atom. The van der Waals surface area contributed by atoms with Crippen molar-refractivity contribution < 1.29 is 9.13 Å². The van der Waals surface area contributed by atoms with E-state index in [0.717, 1.165) is 22.3 Å². The molecule has 2 N–H and O–H groups in total. The zero-order valence-corrected chi connectivity index (χ0v) is 17.7. The van der Waals surface area contributed by atoms with E-state index in [9.17, 15) is 9.65 Å². The zero-order chi connectivity index (χ0) is 23.0. The average Bonchev–Trinajstić information content (AvgIpc) is 3.18. The maximum Gasteiger partial charge on any atom is 0.213 e. The van der Waals surface area contributed by atoms with Crippen LogP contribution < -0.4 is 10.5 Å². The second kappa shape index (κ2) is 7.84. The van der Waals surface area contributed by atoms with Gasteiger partial charge in [-0.15, -0.1) is 0 Å². The fourth-order valence-electron chi connectivity index (χ4n) is 4.32. The summed E-state index contributed by atoms with van der Waals surface area (Å²) in [6.45, 7) is 0. The first-order chi connectivity index (χ1) is 16.1. The average molecular weight is 435 g/mol. The monoisotopic (exact) mass is 435 g/mol. The summed E-state index contributed by atoms with van der Waals surface area (Å²) < 4.78 is 20.2. The van der Waals surface area contributed by atoms with E-state index < -0.39 is 11.4 Å². The molecule has 3 heterocycles. The lowest BCUT2D eigenvalue weighted by molar-refractivity contribution is 0.396. The number of benzene rings is 2. The summed E-state index contributed by atoms with van der Waals surface area (Å²) >= 11 is 0. The highest BCUT2D eigenvalue weighted by Gasteiger charge is 2.44. The summed E-state index contributed by atoms with van der Waals surface area (Å²) in [5, 5.41) is 9.26. The van der Waals surface area contributed by atoms with Gasteiger partial charge in [-0.05, 0) is 41.0 Å². The number of nitriles is 1. The Hall–Kier alpha value is -4.57. The maximum atomic E-state index is 14.9. The van der Waals surface area contributed by atoms with Crippen molar-refractivity contribution in [2.45, 2.75) is 5.54 Å². The third-order valence-corrected chi connectivity index (χ3v) is 5.79. The molecule has 1 aliphatic heterocycles. The first-order valence-corrected chi connectivity index (χ1v) is 10.2. The van der Waals surface area contributed by atoms with Crippen LogP contribution >= 0.6 is 0 Å². The van der Waals surface area contributed by atoms with Gasteiger partial charge >= 0.3 is 0 Å². The van der Waals surface area contributed by atoms with Crippen molar-refractivity contribution in [3.63, 3.8) is 0 Å². The van der Waals surface area contributed by atoms with Gasteiger partial charge < -0.3 is 10.5 Å². The smallest absolute Gasteiger partial charge is 0.213 e. The SMILES string of the molecule is COc1cc(C2(c3cccc(-c4cncc(C#N)c4)c3)N=C(N)c3c(F)cccc32)ccn1. The topological polar surface area (TPSA) is 97.2 Å². The van der Waals surface area contributed by atoms with Crippen LogP contribution in [0, 0.1) is 17.1 Å². The molecule has 1 atom stereocenters. The van der Waals surface area contributed by atoms with Gasteiger partial charge in [-0.2, -0.15) is 5.26 Å². The first kappa shape index (κ1) is 20.3. The van der Waals surface area contributed by atoms with Gasteiger partial charge in [0.05, 0.1) is 18.2 Å². The normalized spacial score (nSPS) is 16.6. The van der Waals surface area contributed by atoms with E-state index in [-0.39, 0.29) is 11.4 Å². The molecular weight excluding hydrogens is 417 g/mol. The fourth-order valence-corrected chi connectivity index (χ4v) is 4.32. The van der Waals surface area contributed by atoms with E-state index in [0.29, 0.717) is 17.0 Å². The van der Waals surface area contributed by atoms with Gasteiger partial charge in [-0.25, -0.2) is 14.4 Å². The van der Waals surface area contributed by atoms with Crippen molar-refractivity contribution in [3.05, 3.63) is 113 Å². The van der Waals surface area contributed by atoms with Crippen molar-refractivity contribution in [1.29, 1.82) is 5.26 Å². The van der Waals surface area contributed by atoms with Crippen LogP contribution in [0.4, 0.5) is 4.39 Å². The number of fused-ring (bicyclic) bond motifs is 1. The lowest BCUT2D eigenvalue weighted by atomic mass is 9.77. The van der Waals surface area contributed by atoms with Crippen LogP contribution in [-0.2, 0) is 5.54 Å². The highest BCUT2D eigenvalue weighted by atomic mass is 19.1. The van der Waals surface area contributed by atoms with Crippen LogP contribution in [0.25, 0.3) is 11.1 Å². The summed E-state index contributed by atoms with van der Waals surface area (Å²) in [6, 6.07) is 20.1. The number of aromatic nitrogens is 2. The molecule has 1 unspecified atom stereocenters. The third kappa shape index (κ3) is 3.20. The predicted octanol–water partition coefficient (Wildman–Crippen LogP) is 4.17. The van der Waals surface area contributed by atoms with Crippen molar-refractivity contribution in [2.75, 3.05) is 7.11 Å². The van der Waals surface area contributed by atoms with Gasteiger partial charge in [0.25, 0.3) is 0 Å². The Balaban J connectivity index is 1.80. The Kier molecular flexibility index (Phi) is 4.83. The quantitative estimate of drug-likeness (QED) is 0.519. The Labute approximate surface area is 189 Å². The predicted molar refractivity (Wildman–Crippen MR) is 122 cm³/mol. The zero-order valence-electron chi connectivity index (χ0n) is 17.7. The summed E-state index contributed by atoms with van der Waals surface area (Å²) in [4.78, 5) is 13.2. The molecule has 4 aromatic rings. The number of hydrogen-bond donors (Lipinski definition) is 1. The van der Waals surface area contributed by atoms with Crippen LogP contribution in [0.15, 0.2) is 84.2 Å². The van der Waals surface area contributed by atoms with Gasteiger partial charge in [0.15, 0.2) is 0 Å². The molecule has 33 heavy (non-hydrogen) atoms. The Morgan fingerprint density at radius 1 is 1.00 bits per heavy atom. The number of aliphatic imine (C=N–C) groups is 1. The molecule has 0 spiro atoms. The summed E-state index contributed by atoms with van der Waals surface area (Å²) in [6.07, 6.45) is 4.84. The minimum Gasteiger partial charge on any atom is -0.481 e. The van der Waals surface area contributed by atoms with Gasteiger partial charge in [-0.3, -0.25) is 4.98 Å². The second-order valence-corrected chi connectivity index (χ2v) is 7.61. The molecule has 0 radical (unpaired) electrons. The summed E-state index contributed by atoms with van der Waals surface area (Å²) in [5.41, 5.74) is 9.69. The standard InChI is InChI=1S/C26H18FN5O/c1-33-23-12-20(8-9-31-23)26(21-6-3-7-22(27)24(21)25(29)32-26)19-5-2-4-17(11-19)18-10-16(13-28)14-30-15-18/h2-12,14-15H,1H3,(H2,29,32). The van der Waals surface area contributed by atoms with Crippen molar-refractivity contribution in [2.24, 2.45) is 10.7 Å². The number of nitrogens with two attached hydrogens (primary N) is 1. The van der Waals surface area contributed by atoms with Crippen LogP contribution in [-0.4, -0.2) is 22.9 Å². The number of nitrogens with zero attached hydrogens (tertiary/aromatic N) is 4. The minimum absolute atomic E-state index is 0.123. The number of amidine groups is 1. The summed E-state index contributed by atoms with van der Waals surface area (Å²) in [7, 11) is 1.54. The molecule has 0 bridgehead atoms. The molecule has 6 nitrogen and oxygen atoms in total. The van der Waals surface area contributed by atoms with E-state index in [1.54, 1.807) is 30.6 Å². The highest BCUT2D eigenvalue weighted by Crippen LogP contribution is 2.47. The number of ether oxygens (including phenoxy) is 1. The molecule has 0 fully saturated rings. The summed E-state index contributed by atoms with van der Waals surface area (Å²) in [5.74, 6) is 0.101. The second-order valence-electron chi connectivity index (χ2n) is 7.61. The molecule has 160 valence electrons. The van der Waals surface area contributed by atoms with Gasteiger partial charge in [-0.1, -0.05) is 30.3 Å². The van der Waals surface area contributed by atoms with Crippen molar-refractivity contribution in [1.82, 2.24) is 9.97 Å². The number of halogens is 1. The molecule has 1 aliphatic rings. The van der Waals surface area contributed by atoms with Crippen LogP contribution in [0.3, 0.4) is 0 Å². The number of methoxy groups -OCH3 is 1. The van der Waals surface area contributed by atoms with Gasteiger partial charge in [0, 0.05) is 35.8 Å².